The first-order chi connectivity index (χ1) is 21.8. The number of hydrogen-bond donors (Lipinski definition) is 2. The molecule has 0 spiro atoms. The lowest BCUT2D eigenvalue weighted by molar-refractivity contribution is -0.121. The fraction of sp³-hybridized carbons (Fsp3) is 0.405. The lowest BCUT2D eigenvalue weighted by Crippen LogP contribution is -2.45. The summed E-state index contributed by atoms with van der Waals surface area (Å²) in [5, 5.41) is 3.04. The van der Waals surface area contributed by atoms with Crippen molar-refractivity contribution >= 4 is 15.9 Å². The Morgan fingerprint density at radius 1 is 0.911 bits per heavy atom. The van der Waals surface area contributed by atoms with Crippen LogP contribution in [0, 0.1) is 18.8 Å². The number of carbonyl (C=O) groups is 1. The predicted octanol–water partition coefficient (Wildman–Crippen LogP) is 7.71. The number of aromatic nitrogens is 1. The molecule has 1 aromatic heterocycles. The summed E-state index contributed by atoms with van der Waals surface area (Å²) in [5.41, 5.74) is 3.72. The molecular weight excluding hydrogens is 582 g/mol. The largest absolute Gasteiger partial charge is 0.440 e. The second-order valence-electron chi connectivity index (χ2n) is 12.3. The minimum absolute atomic E-state index is 0.0488. The smallest absolute Gasteiger partial charge is 0.240 e. The molecule has 0 bridgehead atoms. The molecule has 2 unspecified atom stereocenters. The Kier molecular flexibility index (Phi) is 11.2. The number of sulfonamides is 1. The molecule has 45 heavy (non-hydrogen) atoms. The molecule has 238 valence electrons. The molecule has 1 saturated carbocycles. The third kappa shape index (κ3) is 8.92. The fourth-order valence-electron chi connectivity index (χ4n) is 6.32. The lowest BCUT2D eigenvalue weighted by Gasteiger charge is -2.35. The summed E-state index contributed by atoms with van der Waals surface area (Å²) in [6.07, 6.45) is 7.85. The standard InChI is InChI=1S/C37H45N3O4S/c1-27-20-22-32(23-21-27)45(42,43)40-35(29-14-6-3-7-15-29)28(2)13-12-26-38-33(41)24-25-34-39-36(30-16-8-4-9-17-30)37(44-34)31-18-10-5-11-19-31/h4-5,8-11,16-23,28-29,35,40H,3,6-7,12-15,24-26H2,1-2H3,(H,38,41). The molecule has 1 aliphatic rings. The van der Waals surface area contributed by atoms with Crippen molar-refractivity contribution in [3.05, 3.63) is 96.4 Å². The first-order valence-electron chi connectivity index (χ1n) is 16.3. The number of oxazole rings is 1. The van der Waals surface area contributed by atoms with Crippen molar-refractivity contribution in [3.63, 3.8) is 0 Å². The second-order valence-corrected chi connectivity index (χ2v) is 14.1. The summed E-state index contributed by atoms with van der Waals surface area (Å²) >= 11 is 0. The van der Waals surface area contributed by atoms with E-state index in [9.17, 15) is 13.2 Å². The third-order valence-corrected chi connectivity index (χ3v) is 10.3. The van der Waals surface area contributed by atoms with Crippen molar-refractivity contribution in [3.8, 4) is 22.6 Å². The van der Waals surface area contributed by atoms with Crippen LogP contribution in [0.4, 0.5) is 0 Å². The van der Waals surface area contributed by atoms with Crippen LogP contribution in [0.25, 0.3) is 22.6 Å². The molecule has 4 aromatic rings. The molecule has 0 saturated heterocycles. The fourth-order valence-corrected chi connectivity index (χ4v) is 7.74. The summed E-state index contributed by atoms with van der Waals surface area (Å²) in [5.74, 6) is 1.66. The Morgan fingerprint density at radius 3 is 2.22 bits per heavy atom. The SMILES string of the molecule is Cc1ccc(S(=O)(=O)NC(C(C)CCCNC(=O)CCc2nc(-c3ccccc3)c(-c3ccccc3)o2)C2CCCCC2)cc1. The van der Waals surface area contributed by atoms with E-state index in [1.54, 1.807) is 12.1 Å². The van der Waals surface area contributed by atoms with Crippen LogP contribution in [0.1, 0.15) is 69.7 Å². The van der Waals surface area contributed by atoms with Crippen LogP contribution in [-0.4, -0.2) is 31.9 Å². The van der Waals surface area contributed by atoms with Gasteiger partial charge in [-0.05, 0) is 56.6 Å². The summed E-state index contributed by atoms with van der Waals surface area (Å²) in [6.45, 7) is 4.63. The first kappa shape index (κ1) is 32.6. The Morgan fingerprint density at radius 2 is 1.56 bits per heavy atom. The van der Waals surface area contributed by atoms with Crippen molar-refractivity contribution in [2.45, 2.75) is 82.6 Å². The van der Waals surface area contributed by atoms with Crippen LogP contribution in [-0.2, 0) is 21.2 Å². The Balaban J connectivity index is 1.14. The second kappa shape index (κ2) is 15.5. The molecule has 1 amide bonds. The van der Waals surface area contributed by atoms with Crippen molar-refractivity contribution < 1.29 is 17.6 Å². The monoisotopic (exact) mass is 627 g/mol. The van der Waals surface area contributed by atoms with Crippen LogP contribution in [0.5, 0.6) is 0 Å². The number of amides is 1. The van der Waals surface area contributed by atoms with E-state index in [0.29, 0.717) is 35.4 Å². The summed E-state index contributed by atoms with van der Waals surface area (Å²) in [4.78, 5) is 17.8. The van der Waals surface area contributed by atoms with Crippen LogP contribution < -0.4 is 10.0 Å². The van der Waals surface area contributed by atoms with Gasteiger partial charge in [0.15, 0.2) is 11.7 Å². The van der Waals surface area contributed by atoms with E-state index in [4.69, 9.17) is 9.40 Å². The molecule has 7 nitrogen and oxygen atoms in total. The number of aryl methyl sites for hydroxylation is 2. The van der Waals surface area contributed by atoms with Gasteiger partial charge < -0.3 is 9.73 Å². The van der Waals surface area contributed by atoms with Crippen LogP contribution in [0.2, 0.25) is 0 Å². The van der Waals surface area contributed by atoms with E-state index < -0.39 is 10.0 Å². The van der Waals surface area contributed by atoms with E-state index in [1.165, 1.54) is 6.42 Å². The molecule has 1 aliphatic carbocycles. The van der Waals surface area contributed by atoms with E-state index in [2.05, 4.69) is 17.0 Å². The third-order valence-electron chi connectivity index (χ3n) is 8.87. The van der Waals surface area contributed by atoms with Gasteiger partial charge in [0.05, 0.1) is 4.90 Å². The highest BCUT2D eigenvalue weighted by Gasteiger charge is 2.32. The van der Waals surface area contributed by atoms with Gasteiger partial charge >= 0.3 is 0 Å². The van der Waals surface area contributed by atoms with Crippen molar-refractivity contribution in [2.24, 2.45) is 11.8 Å². The highest BCUT2D eigenvalue weighted by atomic mass is 32.2. The zero-order chi connectivity index (χ0) is 31.6. The Labute approximate surface area is 267 Å². The average molecular weight is 628 g/mol. The van der Waals surface area contributed by atoms with Crippen LogP contribution >= 0.6 is 0 Å². The van der Waals surface area contributed by atoms with Gasteiger partial charge in [0.25, 0.3) is 0 Å². The summed E-state index contributed by atoms with van der Waals surface area (Å²) in [7, 11) is -3.62. The van der Waals surface area contributed by atoms with Gasteiger partial charge in [-0.2, -0.15) is 0 Å². The van der Waals surface area contributed by atoms with Gasteiger partial charge in [0, 0.05) is 36.6 Å². The molecule has 0 aliphatic heterocycles. The molecule has 1 fully saturated rings. The summed E-state index contributed by atoms with van der Waals surface area (Å²) < 4.78 is 35.9. The van der Waals surface area contributed by atoms with Gasteiger partial charge in [-0.3, -0.25) is 4.79 Å². The van der Waals surface area contributed by atoms with Crippen LogP contribution in [0.15, 0.2) is 94.2 Å². The Bertz CT molecular complexity index is 1560. The highest BCUT2D eigenvalue weighted by molar-refractivity contribution is 7.89. The molecule has 5 rings (SSSR count). The van der Waals surface area contributed by atoms with E-state index in [1.807, 2.05) is 79.7 Å². The minimum atomic E-state index is -3.62. The van der Waals surface area contributed by atoms with Gasteiger partial charge in [0.1, 0.15) is 5.69 Å². The van der Waals surface area contributed by atoms with E-state index in [-0.39, 0.29) is 24.3 Å². The first-order valence-corrected chi connectivity index (χ1v) is 17.7. The number of hydrogen-bond acceptors (Lipinski definition) is 5. The minimum Gasteiger partial charge on any atom is -0.440 e. The molecule has 0 radical (unpaired) electrons. The molecule has 8 heteroatoms. The number of benzene rings is 3. The highest BCUT2D eigenvalue weighted by Crippen LogP contribution is 2.34. The molecule has 3 aromatic carbocycles. The zero-order valence-electron chi connectivity index (χ0n) is 26.4. The van der Waals surface area contributed by atoms with Gasteiger partial charge in [-0.15, -0.1) is 0 Å². The van der Waals surface area contributed by atoms with Crippen molar-refractivity contribution in [1.82, 2.24) is 15.0 Å². The van der Waals surface area contributed by atoms with Crippen molar-refractivity contribution in [1.29, 1.82) is 0 Å². The molecule has 1 heterocycles. The number of nitrogens with zero attached hydrogens (tertiary/aromatic N) is 1. The normalized spacial score (nSPS) is 15.4. The van der Waals surface area contributed by atoms with Gasteiger partial charge in [0.2, 0.25) is 15.9 Å². The van der Waals surface area contributed by atoms with Crippen LogP contribution in [0.3, 0.4) is 0 Å². The number of nitrogens with one attached hydrogen (secondary N) is 2. The topological polar surface area (TPSA) is 101 Å². The maximum absolute atomic E-state index is 13.3. The Hall–Kier alpha value is -3.75. The maximum Gasteiger partial charge on any atom is 0.240 e. The number of carbonyl (C=O) groups excluding carboxylic acids is 1. The zero-order valence-corrected chi connectivity index (χ0v) is 27.2. The van der Waals surface area contributed by atoms with Gasteiger partial charge in [-0.25, -0.2) is 18.1 Å². The molecular formula is C37H45N3O4S. The van der Waals surface area contributed by atoms with Gasteiger partial charge in [-0.1, -0.05) is 105 Å². The average Bonchev–Trinajstić information content (AvgIpc) is 3.50. The van der Waals surface area contributed by atoms with E-state index in [0.717, 1.165) is 60.9 Å². The summed E-state index contributed by atoms with van der Waals surface area (Å²) in [6, 6.07) is 26.7. The maximum atomic E-state index is 13.3. The lowest BCUT2D eigenvalue weighted by atomic mass is 9.78. The molecule has 2 atom stereocenters. The number of rotatable bonds is 14. The quantitative estimate of drug-likeness (QED) is 0.140. The predicted molar refractivity (Wildman–Crippen MR) is 179 cm³/mol. The van der Waals surface area contributed by atoms with Crippen molar-refractivity contribution in [2.75, 3.05) is 6.54 Å². The molecule has 2 N–H and O–H groups in total. The van der Waals surface area contributed by atoms with E-state index >= 15 is 0 Å².